The monoisotopic (exact) mass is 377 g/mol. The lowest BCUT2D eigenvalue weighted by Gasteiger charge is -2.05. The van der Waals surface area contributed by atoms with E-state index in [1.54, 1.807) is 10.8 Å². The first-order valence-corrected chi connectivity index (χ1v) is 9.34. The van der Waals surface area contributed by atoms with E-state index in [9.17, 15) is 4.79 Å². The second-order valence-corrected chi connectivity index (χ2v) is 7.20. The second-order valence-electron chi connectivity index (χ2n) is 5.79. The zero-order chi connectivity index (χ0) is 17.9. The summed E-state index contributed by atoms with van der Waals surface area (Å²) in [6, 6.07) is 19.8. The highest BCUT2D eigenvalue weighted by Crippen LogP contribution is 2.24. The van der Waals surface area contributed by atoms with Crippen molar-refractivity contribution in [2.45, 2.75) is 11.6 Å². The van der Waals surface area contributed by atoms with Crippen LogP contribution in [0.25, 0.3) is 6.08 Å². The molecular formula is C20H15N3OS2. The van der Waals surface area contributed by atoms with Crippen LogP contribution in [-0.4, -0.2) is 16.5 Å². The van der Waals surface area contributed by atoms with Gasteiger partial charge in [0.25, 0.3) is 0 Å². The molecule has 0 spiro atoms. The summed E-state index contributed by atoms with van der Waals surface area (Å²) < 4.78 is 1.68. The Balaban J connectivity index is 1.68. The average molecular weight is 377 g/mol. The molecule has 3 aromatic rings. The number of aromatic nitrogens is 1. The molecule has 128 valence electrons. The zero-order valence-corrected chi connectivity index (χ0v) is 15.5. The Kier molecular flexibility index (Phi) is 4.69. The highest BCUT2D eigenvalue weighted by Gasteiger charge is 2.16. The molecule has 4 nitrogen and oxygen atoms in total. The minimum absolute atomic E-state index is 0.0289. The van der Waals surface area contributed by atoms with Gasteiger partial charge in [0, 0.05) is 11.1 Å². The van der Waals surface area contributed by atoms with Gasteiger partial charge in [0.15, 0.2) is 0 Å². The van der Waals surface area contributed by atoms with Crippen molar-refractivity contribution in [1.29, 1.82) is 0 Å². The molecule has 0 saturated carbocycles. The zero-order valence-electron chi connectivity index (χ0n) is 13.7. The maximum atomic E-state index is 12.4. The fourth-order valence-corrected chi connectivity index (χ4v) is 4.02. The van der Waals surface area contributed by atoms with E-state index in [-0.39, 0.29) is 4.87 Å². The number of rotatable bonds is 4. The van der Waals surface area contributed by atoms with Crippen LogP contribution in [0.4, 0.5) is 0 Å². The summed E-state index contributed by atoms with van der Waals surface area (Å²) in [6.45, 7) is 0.506. The fourth-order valence-electron chi connectivity index (χ4n) is 2.75. The van der Waals surface area contributed by atoms with E-state index in [2.05, 4.69) is 22.8 Å². The highest BCUT2D eigenvalue weighted by molar-refractivity contribution is 7.80. The molecule has 1 aromatic heterocycles. The van der Waals surface area contributed by atoms with Gasteiger partial charge in [-0.2, -0.15) is 5.10 Å². The predicted octanol–water partition coefficient (Wildman–Crippen LogP) is 4.12. The Morgan fingerprint density at radius 2 is 1.73 bits per heavy atom. The fraction of sp³-hybridized carbons (Fsp3) is 0.0500. The number of thiol groups is 1. The molecule has 6 heteroatoms. The van der Waals surface area contributed by atoms with Crippen LogP contribution in [0.3, 0.4) is 0 Å². The molecule has 0 saturated heterocycles. The van der Waals surface area contributed by atoms with Crippen LogP contribution in [0, 0.1) is 0 Å². The smallest absolute Gasteiger partial charge is 0.289 e. The minimum Gasteiger partial charge on any atom is -0.289 e. The van der Waals surface area contributed by atoms with Crippen molar-refractivity contribution < 1.29 is 0 Å². The SMILES string of the molecule is O=c1sc(/C=C2\C=NN=C2c2ccccc2)c(S)n1Cc1ccccc1. The van der Waals surface area contributed by atoms with Crippen molar-refractivity contribution in [1.82, 2.24) is 4.57 Å². The van der Waals surface area contributed by atoms with E-state index in [1.807, 2.05) is 66.7 Å². The molecule has 0 bridgehead atoms. The van der Waals surface area contributed by atoms with Gasteiger partial charge in [-0.05, 0) is 11.6 Å². The summed E-state index contributed by atoms with van der Waals surface area (Å²) in [5, 5.41) is 8.91. The summed E-state index contributed by atoms with van der Waals surface area (Å²) in [4.78, 5) is 13.2. The number of thiazole rings is 1. The summed E-state index contributed by atoms with van der Waals surface area (Å²) in [6.07, 6.45) is 3.64. The van der Waals surface area contributed by atoms with E-state index in [0.29, 0.717) is 11.6 Å². The summed E-state index contributed by atoms with van der Waals surface area (Å²) in [5.74, 6) is 0. The molecular weight excluding hydrogens is 362 g/mol. The van der Waals surface area contributed by atoms with Crippen molar-refractivity contribution in [2.24, 2.45) is 10.2 Å². The lowest BCUT2D eigenvalue weighted by molar-refractivity contribution is 0.713. The van der Waals surface area contributed by atoms with Gasteiger partial charge >= 0.3 is 4.87 Å². The Labute approximate surface area is 160 Å². The van der Waals surface area contributed by atoms with Gasteiger partial charge in [-0.25, -0.2) is 0 Å². The van der Waals surface area contributed by atoms with Crippen LogP contribution in [-0.2, 0) is 6.54 Å². The van der Waals surface area contributed by atoms with Gasteiger partial charge in [-0.3, -0.25) is 9.36 Å². The molecule has 0 atom stereocenters. The lowest BCUT2D eigenvalue weighted by Crippen LogP contribution is -2.14. The first kappa shape index (κ1) is 16.8. The topological polar surface area (TPSA) is 46.7 Å². The number of nitrogens with zero attached hydrogens (tertiary/aromatic N) is 3. The van der Waals surface area contributed by atoms with Gasteiger partial charge in [-0.15, -0.1) is 17.7 Å². The maximum Gasteiger partial charge on any atom is 0.308 e. The van der Waals surface area contributed by atoms with Crippen LogP contribution < -0.4 is 4.87 Å². The van der Waals surface area contributed by atoms with Gasteiger partial charge in [0.05, 0.1) is 22.7 Å². The molecule has 0 radical (unpaired) electrons. The van der Waals surface area contributed by atoms with Crippen molar-refractivity contribution >= 4 is 42.0 Å². The molecule has 0 N–H and O–H groups in total. The van der Waals surface area contributed by atoms with Crippen molar-refractivity contribution in [3.05, 3.63) is 91.9 Å². The quantitative estimate of drug-likeness (QED) is 0.683. The lowest BCUT2D eigenvalue weighted by atomic mass is 10.0. The third-order valence-electron chi connectivity index (χ3n) is 4.04. The molecule has 0 unspecified atom stereocenters. The van der Waals surface area contributed by atoms with E-state index < -0.39 is 0 Å². The first-order valence-electron chi connectivity index (χ1n) is 8.07. The van der Waals surface area contributed by atoms with E-state index in [1.165, 1.54) is 11.3 Å². The maximum absolute atomic E-state index is 12.4. The van der Waals surface area contributed by atoms with Crippen LogP contribution in [0.15, 0.2) is 86.3 Å². The van der Waals surface area contributed by atoms with Crippen LogP contribution in [0.5, 0.6) is 0 Å². The summed E-state index contributed by atoms with van der Waals surface area (Å²) >= 11 is 5.78. The molecule has 26 heavy (non-hydrogen) atoms. The molecule has 2 heterocycles. The molecule has 0 aliphatic carbocycles. The standard InChI is InChI=1S/C20H15N3OS2/c24-20-23(13-14-7-3-1-4-8-14)19(25)17(26-20)11-16-12-21-22-18(16)15-9-5-2-6-10-15/h1-12,25H,13H2/b16-11+. The number of allylic oxidation sites excluding steroid dienone is 1. The van der Waals surface area contributed by atoms with Crippen LogP contribution in [0.1, 0.15) is 16.0 Å². The van der Waals surface area contributed by atoms with Gasteiger partial charge in [-0.1, -0.05) is 72.0 Å². The number of benzene rings is 2. The van der Waals surface area contributed by atoms with Gasteiger partial charge < -0.3 is 0 Å². The van der Waals surface area contributed by atoms with Crippen molar-refractivity contribution in [3.63, 3.8) is 0 Å². The molecule has 1 aliphatic heterocycles. The third-order valence-corrected chi connectivity index (χ3v) is 5.60. The highest BCUT2D eigenvalue weighted by atomic mass is 32.1. The van der Waals surface area contributed by atoms with Crippen LogP contribution >= 0.6 is 24.0 Å². The largest absolute Gasteiger partial charge is 0.308 e. The molecule has 1 aliphatic rings. The Hall–Kier alpha value is -2.70. The van der Waals surface area contributed by atoms with Gasteiger partial charge in [0.1, 0.15) is 5.71 Å². The van der Waals surface area contributed by atoms with Crippen molar-refractivity contribution in [2.75, 3.05) is 0 Å². The second kappa shape index (κ2) is 7.27. The Bertz CT molecular complexity index is 1080. The molecule has 4 rings (SSSR count). The summed E-state index contributed by atoms with van der Waals surface area (Å²) in [5.41, 5.74) is 3.73. The predicted molar refractivity (Wildman–Crippen MR) is 111 cm³/mol. The Morgan fingerprint density at radius 3 is 2.46 bits per heavy atom. The van der Waals surface area contributed by atoms with E-state index >= 15 is 0 Å². The number of hydrogen-bond acceptors (Lipinski definition) is 5. The normalized spacial score (nSPS) is 14.8. The minimum atomic E-state index is -0.0289. The third kappa shape index (κ3) is 3.34. The molecule has 2 aromatic carbocycles. The van der Waals surface area contributed by atoms with E-state index in [0.717, 1.165) is 27.3 Å². The summed E-state index contributed by atoms with van der Waals surface area (Å²) in [7, 11) is 0. The molecule has 0 amide bonds. The Morgan fingerprint density at radius 1 is 1.04 bits per heavy atom. The average Bonchev–Trinajstić information content (AvgIpc) is 3.24. The first-order chi connectivity index (χ1) is 12.7. The van der Waals surface area contributed by atoms with Crippen molar-refractivity contribution in [3.8, 4) is 0 Å². The number of hydrogen-bond donors (Lipinski definition) is 1. The van der Waals surface area contributed by atoms with E-state index in [4.69, 9.17) is 0 Å². The van der Waals surface area contributed by atoms with Gasteiger partial charge in [0.2, 0.25) is 0 Å². The van der Waals surface area contributed by atoms with Crippen LogP contribution in [0.2, 0.25) is 0 Å². The molecule has 0 fully saturated rings.